The van der Waals surface area contributed by atoms with Crippen LogP contribution in [-0.4, -0.2) is 46.0 Å². The van der Waals surface area contributed by atoms with Gasteiger partial charge in [0, 0.05) is 38.2 Å². The predicted octanol–water partition coefficient (Wildman–Crippen LogP) is 2.36. The largest absolute Gasteiger partial charge is 0.340 e. The summed E-state index contributed by atoms with van der Waals surface area (Å²) in [5.74, 6) is 0.889. The first kappa shape index (κ1) is 14.6. The SMILES string of the molecule is c1ccc(CN2CCC3(CC2)CCN(c2ncccn2)C3)nc1. The second-order valence-electron chi connectivity index (χ2n) is 6.82. The minimum Gasteiger partial charge on any atom is -0.340 e. The summed E-state index contributed by atoms with van der Waals surface area (Å²) in [5, 5.41) is 0. The van der Waals surface area contributed by atoms with Crippen molar-refractivity contribution in [2.45, 2.75) is 25.8 Å². The average molecular weight is 309 g/mol. The van der Waals surface area contributed by atoms with Crippen LogP contribution in [0.5, 0.6) is 0 Å². The molecule has 0 amide bonds. The molecule has 2 fully saturated rings. The first-order valence-electron chi connectivity index (χ1n) is 8.47. The Balaban J connectivity index is 1.35. The molecule has 0 bridgehead atoms. The normalized spacial score (nSPS) is 21.0. The molecule has 1 spiro atoms. The van der Waals surface area contributed by atoms with Crippen molar-refractivity contribution >= 4 is 5.95 Å². The summed E-state index contributed by atoms with van der Waals surface area (Å²) in [6.45, 7) is 5.50. The number of hydrogen-bond acceptors (Lipinski definition) is 5. The lowest BCUT2D eigenvalue weighted by atomic mass is 9.78. The molecule has 0 aromatic carbocycles. The van der Waals surface area contributed by atoms with Gasteiger partial charge in [-0.05, 0) is 56.0 Å². The van der Waals surface area contributed by atoms with E-state index in [1.807, 2.05) is 30.7 Å². The molecular formula is C18H23N5. The van der Waals surface area contributed by atoms with Crippen molar-refractivity contribution in [2.75, 3.05) is 31.1 Å². The van der Waals surface area contributed by atoms with E-state index in [9.17, 15) is 0 Å². The van der Waals surface area contributed by atoms with Crippen LogP contribution in [0.1, 0.15) is 25.0 Å². The van der Waals surface area contributed by atoms with Crippen LogP contribution in [0.25, 0.3) is 0 Å². The van der Waals surface area contributed by atoms with E-state index >= 15 is 0 Å². The molecule has 5 nitrogen and oxygen atoms in total. The number of likely N-dealkylation sites (tertiary alicyclic amines) is 1. The van der Waals surface area contributed by atoms with Gasteiger partial charge in [-0.3, -0.25) is 9.88 Å². The lowest BCUT2D eigenvalue weighted by Crippen LogP contribution is -2.41. The van der Waals surface area contributed by atoms with Gasteiger partial charge in [-0.2, -0.15) is 0 Å². The second kappa shape index (κ2) is 6.24. The molecule has 5 heteroatoms. The summed E-state index contributed by atoms with van der Waals surface area (Å²) < 4.78 is 0. The van der Waals surface area contributed by atoms with Gasteiger partial charge in [0.05, 0.1) is 5.69 Å². The molecular weight excluding hydrogens is 286 g/mol. The molecule has 0 unspecified atom stereocenters. The second-order valence-corrected chi connectivity index (χ2v) is 6.82. The zero-order valence-corrected chi connectivity index (χ0v) is 13.4. The highest BCUT2D eigenvalue weighted by Gasteiger charge is 2.41. The fourth-order valence-electron chi connectivity index (χ4n) is 3.87. The van der Waals surface area contributed by atoms with Crippen molar-refractivity contribution in [3.05, 3.63) is 48.5 Å². The smallest absolute Gasteiger partial charge is 0.225 e. The molecule has 0 radical (unpaired) electrons. The third kappa shape index (κ3) is 3.20. The summed E-state index contributed by atoms with van der Waals surface area (Å²) in [7, 11) is 0. The third-order valence-electron chi connectivity index (χ3n) is 5.30. The number of rotatable bonds is 3. The molecule has 2 saturated heterocycles. The van der Waals surface area contributed by atoms with Crippen molar-refractivity contribution in [3.8, 4) is 0 Å². The van der Waals surface area contributed by atoms with Gasteiger partial charge < -0.3 is 4.90 Å². The molecule has 0 aliphatic carbocycles. The van der Waals surface area contributed by atoms with Crippen LogP contribution >= 0.6 is 0 Å². The summed E-state index contributed by atoms with van der Waals surface area (Å²) >= 11 is 0. The molecule has 0 atom stereocenters. The Morgan fingerprint density at radius 3 is 2.35 bits per heavy atom. The quantitative estimate of drug-likeness (QED) is 0.871. The van der Waals surface area contributed by atoms with E-state index in [-0.39, 0.29) is 0 Å². The molecule has 0 saturated carbocycles. The topological polar surface area (TPSA) is 45.2 Å². The van der Waals surface area contributed by atoms with Gasteiger partial charge in [0.25, 0.3) is 0 Å². The number of anilines is 1. The molecule has 2 aromatic heterocycles. The van der Waals surface area contributed by atoms with Crippen molar-refractivity contribution in [3.63, 3.8) is 0 Å². The standard InChI is InChI=1S/C18H23N5/c1-2-8-19-16(4-1)14-22-11-5-18(6-12-22)7-13-23(15-18)17-20-9-3-10-21-17/h1-4,8-10H,5-7,11-15H2. The number of hydrogen-bond donors (Lipinski definition) is 0. The van der Waals surface area contributed by atoms with Crippen molar-refractivity contribution in [2.24, 2.45) is 5.41 Å². The lowest BCUT2D eigenvalue weighted by molar-refractivity contribution is 0.114. The maximum atomic E-state index is 4.45. The van der Waals surface area contributed by atoms with Gasteiger partial charge in [-0.15, -0.1) is 0 Å². The minimum absolute atomic E-state index is 0.458. The highest BCUT2D eigenvalue weighted by Crippen LogP contribution is 2.41. The minimum atomic E-state index is 0.458. The molecule has 2 aromatic rings. The Labute approximate surface area is 137 Å². The van der Waals surface area contributed by atoms with Gasteiger partial charge >= 0.3 is 0 Å². The van der Waals surface area contributed by atoms with Crippen LogP contribution in [0.4, 0.5) is 5.95 Å². The zero-order chi connectivity index (χ0) is 15.5. The Morgan fingerprint density at radius 1 is 0.870 bits per heavy atom. The van der Waals surface area contributed by atoms with Gasteiger partial charge in [-0.1, -0.05) is 6.07 Å². The molecule has 23 heavy (non-hydrogen) atoms. The molecule has 4 rings (SSSR count). The number of nitrogens with zero attached hydrogens (tertiary/aromatic N) is 5. The first-order chi connectivity index (χ1) is 11.3. The molecule has 120 valence electrons. The fourth-order valence-corrected chi connectivity index (χ4v) is 3.87. The molecule has 4 heterocycles. The highest BCUT2D eigenvalue weighted by atomic mass is 15.3. The lowest BCUT2D eigenvalue weighted by Gasteiger charge is -2.39. The summed E-state index contributed by atoms with van der Waals surface area (Å²) in [6.07, 6.45) is 9.36. The maximum Gasteiger partial charge on any atom is 0.225 e. The summed E-state index contributed by atoms with van der Waals surface area (Å²) in [4.78, 5) is 18.2. The highest BCUT2D eigenvalue weighted by molar-refractivity contribution is 5.31. The average Bonchev–Trinajstić information content (AvgIpc) is 3.03. The first-order valence-corrected chi connectivity index (χ1v) is 8.47. The van der Waals surface area contributed by atoms with Crippen molar-refractivity contribution in [1.29, 1.82) is 0 Å². The Morgan fingerprint density at radius 2 is 1.61 bits per heavy atom. The van der Waals surface area contributed by atoms with E-state index < -0.39 is 0 Å². The summed E-state index contributed by atoms with van der Waals surface area (Å²) in [5.41, 5.74) is 1.63. The Kier molecular flexibility index (Phi) is 3.95. The van der Waals surface area contributed by atoms with Gasteiger partial charge in [0.15, 0.2) is 0 Å². The van der Waals surface area contributed by atoms with Crippen LogP contribution in [0.3, 0.4) is 0 Å². The van der Waals surface area contributed by atoms with Crippen molar-refractivity contribution < 1.29 is 0 Å². The van der Waals surface area contributed by atoms with Gasteiger partial charge in [-0.25, -0.2) is 9.97 Å². The van der Waals surface area contributed by atoms with E-state index in [1.165, 1.54) is 38.0 Å². The van der Waals surface area contributed by atoms with Crippen LogP contribution in [0.2, 0.25) is 0 Å². The number of pyridine rings is 1. The van der Waals surface area contributed by atoms with E-state index in [1.54, 1.807) is 0 Å². The predicted molar refractivity (Wildman–Crippen MR) is 90.0 cm³/mol. The van der Waals surface area contributed by atoms with E-state index in [0.717, 1.165) is 25.6 Å². The van der Waals surface area contributed by atoms with Crippen molar-refractivity contribution in [1.82, 2.24) is 19.9 Å². The van der Waals surface area contributed by atoms with E-state index in [2.05, 4.69) is 36.9 Å². The zero-order valence-electron chi connectivity index (χ0n) is 13.4. The van der Waals surface area contributed by atoms with Crippen LogP contribution < -0.4 is 4.90 Å². The Bertz CT molecular complexity index is 622. The monoisotopic (exact) mass is 309 g/mol. The van der Waals surface area contributed by atoms with Crippen LogP contribution in [-0.2, 0) is 6.54 Å². The Hall–Kier alpha value is -2.01. The van der Waals surface area contributed by atoms with E-state index in [4.69, 9.17) is 0 Å². The van der Waals surface area contributed by atoms with Crippen LogP contribution in [0, 0.1) is 5.41 Å². The number of aromatic nitrogens is 3. The maximum absolute atomic E-state index is 4.45. The molecule has 0 N–H and O–H groups in total. The van der Waals surface area contributed by atoms with Crippen LogP contribution in [0.15, 0.2) is 42.9 Å². The van der Waals surface area contributed by atoms with Gasteiger partial charge in [0.1, 0.15) is 0 Å². The third-order valence-corrected chi connectivity index (χ3v) is 5.30. The number of piperidine rings is 1. The van der Waals surface area contributed by atoms with E-state index in [0.29, 0.717) is 5.41 Å². The molecule has 2 aliphatic heterocycles. The fraction of sp³-hybridized carbons (Fsp3) is 0.500. The molecule has 2 aliphatic rings. The summed E-state index contributed by atoms with van der Waals surface area (Å²) in [6, 6.07) is 8.05. The van der Waals surface area contributed by atoms with Gasteiger partial charge in [0.2, 0.25) is 5.95 Å².